The van der Waals surface area contributed by atoms with E-state index in [4.69, 9.17) is 4.74 Å². The lowest BCUT2D eigenvalue weighted by atomic mass is 10.0. The van der Waals surface area contributed by atoms with Crippen molar-refractivity contribution in [1.82, 2.24) is 4.90 Å². The Balaban J connectivity index is 4.07. The Hall–Kier alpha value is -0.570. The maximum Gasteiger partial charge on any atom is 0.325 e. The van der Waals surface area contributed by atoms with Crippen LogP contribution in [-0.4, -0.2) is 37.1 Å². The van der Waals surface area contributed by atoms with Crippen LogP contribution in [0.4, 0.5) is 0 Å². The summed E-state index contributed by atoms with van der Waals surface area (Å²) in [4.78, 5) is 13.6. The van der Waals surface area contributed by atoms with Crippen LogP contribution >= 0.6 is 0 Å². The number of esters is 1. The van der Waals surface area contributed by atoms with Gasteiger partial charge in [0, 0.05) is 0 Å². The van der Waals surface area contributed by atoms with Crippen molar-refractivity contribution in [1.29, 1.82) is 0 Å². The Labute approximate surface area is 93.8 Å². The zero-order chi connectivity index (χ0) is 12.1. The van der Waals surface area contributed by atoms with Crippen LogP contribution in [0.5, 0.6) is 0 Å². The van der Waals surface area contributed by atoms with Gasteiger partial charge in [-0.1, -0.05) is 13.8 Å². The Morgan fingerprint density at radius 2 is 1.93 bits per heavy atom. The number of likely N-dealkylation sites (N-methyl/N-ethyl adjacent to an activating group) is 1. The third kappa shape index (κ3) is 4.65. The van der Waals surface area contributed by atoms with Gasteiger partial charge in [-0.05, 0) is 46.2 Å². The molecular formula is C12H25NO2. The van der Waals surface area contributed by atoms with E-state index >= 15 is 0 Å². The number of methoxy groups -OCH3 is 1. The molecule has 0 atom stereocenters. The summed E-state index contributed by atoms with van der Waals surface area (Å²) in [6.07, 6.45) is 2.32. The minimum Gasteiger partial charge on any atom is -0.468 e. The van der Waals surface area contributed by atoms with Crippen LogP contribution in [0.2, 0.25) is 0 Å². The molecule has 0 aromatic heterocycles. The van der Waals surface area contributed by atoms with Crippen LogP contribution in [0.3, 0.4) is 0 Å². The lowest BCUT2D eigenvalue weighted by Gasteiger charge is -2.32. The van der Waals surface area contributed by atoms with Gasteiger partial charge in [-0.2, -0.15) is 0 Å². The highest BCUT2D eigenvalue weighted by Crippen LogP contribution is 2.15. The third-order valence-electron chi connectivity index (χ3n) is 2.91. The topological polar surface area (TPSA) is 29.5 Å². The summed E-state index contributed by atoms with van der Waals surface area (Å²) in [5.74, 6) is 0.550. The van der Waals surface area contributed by atoms with Gasteiger partial charge in [-0.25, -0.2) is 0 Å². The number of carbonyl (C=O) groups is 1. The molecule has 0 saturated heterocycles. The molecule has 0 unspecified atom stereocenters. The molecule has 0 fully saturated rings. The maximum atomic E-state index is 11.5. The van der Waals surface area contributed by atoms with Crippen LogP contribution in [-0.2, 0) is 9.53 Å². The molecule has 0 aromatic carbocycles. The number of carbonyl (C=O) groups excluding carboxylic acids is 1. The van der Waals surface area contributed by atoms with Gasteiger partial charge in [0.1, 0.15) is 5.54 Å². The Morgan fingerprint density at radius 1 is 1.40 bits per heavy atom. The molecule has 0 aliphatic carbocycles. The van der Waals surface area contributed by atoms with E-state index in [0.29, 0.717) is 0 Å². The summed E-state index contributed by atoms with van der Waals surface area (Å²) in [5.41, 5.74) is -0.522. The van der Waals surface area contributed by atoms with Crippen molar-refractivity contribution < 1.29 is 9.53 Å². The van der Waals surface area contributed by atoms with E-state index in [9.17, 15) is 4.79 Å². The summed E-state index contributed by atoms with van der Waals surface area (Å²) in [5, 5.41) is 0. The summed E-state index contributed by atoms with van der Waals surface area (Å²) in [6, 6.07) is 0. The summed E-state index contributed by atoms with van der Waals surface area (Å²) >= 11 is 0. The molecule has 0 rings (SSSR count). The number of hydrogen-bond acceptors (Lipinski definition) is 3. The second kappa shape index (κ2) is 6.11. The molecule has 0 aliphatic rings. The highest BCUT2D eigenvalue weighted by atomic mass is 16.5. The number of hydrogen-bond donors (Lipinski definition) is 0. The normalized spacial score (nSPS) is 12.3. The first-order chi connectivity index (χ1) is 6.82. The zero-order valence-corrected chi connectivity index (χ0v) is 11.0. The maximum absolute atomic E-state index is 11.5. The second-order valence-electron chi connectivity index (χ2n) is 5.01. The first-order valence-corrected chi connectivity index (χ1v) is 5.62. The monoisotopic (exact) mass is 215 g/mol. The van der Waals surface area contributed by atoms with Crippen molar-refractivity contribution in [3.05, 3.63) is 0 Å². The predicted octanol–water partition coefficient (Wildman–Crippen LogP) is 2.31. The molecule has 3 heteroatoms. The molecule has 15 heavy (non-hydrogen) atoms. The molecule has 0 spiro atoms. The molecule has 0 aliphatic heterocycles. The predicted molar refractivity (Wildman–Crippen MR) is 62.8 cm³/mol. The standard InChI is InChI=1S/C12H25NO2/c1-10(2)8-7-9-13(5)12(3,4)11(14)15-6/h10H,7-9H2,1-6H3. The van der Waals surface area contributed by atoms with Gasteiger partial charge < -0.3 is 4.74 Å². The molecule has 3 nitrogen and oxygen atoms in total. The van der Waals surface area contributed by atoms with Crippen LogP contribution in [0, 0.1) is 5.92 Å². The lowest BCUT2D eigenvalue weighted by Crippen LogP contribution is -2.48. The van der Waals surface area contributed by atoms with E-state index in [1.54, 1.807) is 0 Å². The van der Waals surface area contributed by atoms with Crippen molar-refractivity contribution in [3.63, 3.8) is 0 Å². The van der Waals surface area contributed by atoms with Gasteiger partial charge in [0.2, 0.25) is 0 Å². The van der Waals surface area contributed by atoms with Crippen molar-refractivity contribution in [2.75, 3.05) is 20.7 Å². The van der Waals surface area contributed by atoms with Crippen LogP contribution < -0.4 is 0 Å². The Bertz CT molecular complexity index is 200. The van der Waals surface area contributed by atoms with Crippen molar-refractivity contribution in [3.8, 4) is 0 Å². The lowest BCUT2D eigenvalue weighted by molar-refractivity contribution is -0.152. The smallest absolute Gasteiger partial charge is 0.325 e. The average Bonchev–Trinajstić information content (AvgIpc) is 2.15. The highest BCUT2D eigenvalue weighted by molar-refractivity contribution is 5.79. The van der Waals surface area contributed by atoms with Crippen LogP contribution in [0.1, 0.15) is 40.5 Å². The van der Waals surface area contributed by atoms with Crippen molar-refractivity contribution in [2.24, 2.45) is 5.92 Å². The van der Waals surface area contributed by atoms with Gasteiger partial charge in [0.25, 0.3) is 0 Å². The number of rotatable bonds is 6. The molecule has 0 N–H and O–H groups in total. The second-order valence-corrected chi connectivity index (χ2v) is 5.01. The number of ether oxygens (including phenoxy) is 1. The molecule has 0 aromatic rings. The van der Waals surface area contributed by atoms with E-state index in [1.807, 2.05) is 20.9 Å². The zero-order valence-electron chi connectivity index (χ0n) is 11.0. The fourth-order valence-electron chi connectivity index (χ4n) is 1.42. The van der Waals surface area contributed by atoms with E-state index in [2.05, 4.69) is 18.7 Å². The quantitative estimate of drug-likeness (QED) is 0.637. The van der Waals surface area contributed by atoms with Crippen molar-refractivity contribution >= 4 is 5.97 Å². The van der Waals surface area contributed by atoms with Gasteiger partial charge >= 0.3 is 5.97 Å². The number of nitrogens with zero attached hydrogens (tertiary/aromatic N) is 1. The molecule has 90 valence electrons. The molecule has 0 saturated carbocycles. The van der Waals surface area contributed by atoms with Gasteiger partial charge in [-0.3, -0.25) is 9.69 Å². The Kier molecular flexibility index (Phi) is 5.88. The van der Waals surface area contributed by atoms with E-state index < -0.39 is 5.54 Å². The van der Waals surface area contributed by atoms with Crippen LogP contribution in [0.25, 0.3) is 0 Å². The van der Waals surface area contributed by atoms with Gasteiger partial charge in [0.05, 0.1) is 7.11 Å². The largest absolute Gasteiger partial charge is 0.468 e. The first-order valence-electron chi connectivity index (χ1n) is 5.62. The minimum atomic E-state index is -0.522. The molecule has 0 radical (unpaired) electrons. The average molecular weight is 215 g/mol. The van der Waals surface area contributed by atoms with Crippen LogP contribution in [0.15, 0.2) is 0 Å². The summed E-state index contributed by atoms with van der Waals surface area (Å²) in [6.45, 7) is 9.15. The fourth-order valence-corrected chi connectivity index (χ4v) is 1.42. The van der Waals surface area contributed by atoms with Gasteiger partial charge in [-0.15, -0.1) is 0 Å². The molecule has 0 amide bonds. The van der Waals surface area contributed by atoms with Crippen molar-refractivity contribution in [2.45, 2.75) is 46.1 Å². The van der Waals surface area contributed by atoms with E-state index in [1.165, 1.54) is 13.5 Å². The molecule has 0 heterocycles. The highest BCUT2D eigenvalue weighted by Gasteiger charge is 2.32. The van der Waals surface area contributed by atoms with Gasteiger partial charge in [0.15, 0.2) is 0 Å². The SMILES string of the molecule is COC(=O)C(C)(C)N(C)CCCC(C)C. The van der Waals surface area contributed by atoms with E-state index in [-0.39, 0.29) is 5.97 Å². The Morgan fingerprint density at radius 3 is 2.33 bits per heavy atom. The molecule has 0 bridgehead atoms. The fraction of sp³-hybridized carbons (Fsp3) is 0.917. The molecular weight excluding hydrogens is 190 g/mol. The summed E-state index contributed by atoms with van der Waals surface area (Å²) in [7, 11) is 3.41. The summed E-state index contributed by atoms with van der Waals surface area (Å²) < 4.78 is 4.78. The first kappa shape index (κ1) is 14.4. The van der Waals surface area contributed by atoms with E-state index in [0.717, 1.165) is 18.9 Å². The third-order valence-corrected chi connectivity index (χ3v) is 2.91. The minimum absolute atomic E-state index is 0.172.